The van der Waals surface area contributed by atoms with Crippen molar-refractivity contribution in [3.8, 4) is 11.5 Å². The molecule has 5 heteroatoms. The molecule has 0 atom stereocenters. The van der Waals surface area contributed by atoms with Crippen molar-refractivity contribution in [1.29, 1.82) is 0 Å². The Kier molecular flexibility index (Phi) is 6.29. The first kappa shape index (κ1) is 20.1. The van der Waals surface area contributed by atoms with Gasteiger partial charge in [-0.15, -0.1) is 0 Å². The SMILES string of the molecule is COc1ccc(C(=O)C(=Nc2ccc(N(C)C)cc2)c2ccc(OC)cc2)cc1. The molecule has 0 bridgehead atoms. The number of rotatable bonds is 7. The first-order valence-corrected chi connectivity index (χ1v) is 9.21. The van der Waals surface area contributed by atoms with E-state index >= 15 is 0 Å². The highest BCUT2D eigenvalue weighted by Gasteiger charge is 2.17. The van der Waals surface area contributed by atoms with Crippen molar-refractivity contribution in [3.63, 3.8) is 0 Å². The zero-order chi connectivity index (χ0) is 20.8. The largest absolute Gasteiger partial charge is 0.497 e. The van der Waals surface area contributed by atoms with E-state index in [9.17, 15) is 4.79 Å². The van der Waals surface area contributed by atoms with Crippen molar-refractivity contribution in [3.05, 3.63) is 83.9 Å². The Hall–Kier alpha value is -3.60. The summed E-state index contributed by atoms with van der Waals surface area (Å²) in [7, 11) is 7.17. The number of carbonyl (C=O) groups excluding carboxylic acids is 1. The zero-order valence-corrected chi connectivity index (χ0v) is 17.0. The molecule has 5 nitrogen and oxygen atoms in total. The molecule has 0 fully saturated rings. The fourth-order valence-corrected chi connectivity index (χ4v) is 2.83. The van der Waals surface area contributed by atoms with Gasteiger partial charge >= 0.3 is 0 Å². The topological polar surface area (TPSA) is 51.1 Å². The van der Waals surface area contributed by atoms with E-state index in [0.29, 0.717) is 22.7 Å². The van der Waals surface area contributed by atoms with Crippen LogP contribution < -0.4 is 14.4 Å². The molecule has 0 unspecified atom stereocenters. The van der Waals surface area contributed by atoms with Crippen LogP contribution in [0.4, 0.5) is 11.4 Å². The maximum atomic E-state index is 13.3. The molecule has 0 N–H and O–H groups in total. The van der Waals surface area contributed by atoms with Crippen LogP contribution in [-0.4, -0.2) is 39.8 Å². The number of methoxy groups -OCH3 is 2. The van der Waals surface area contributed by atoms with Crippen LogP contribution >= 0.6 is 0 Å². The molecule has 0 saturated heterocycles. The van der Waals surface area contributed by atoms with E-state index in [0.717, 1.165) is 17.0 Å². The summed E-state index contributed by atoms with van der Waals surface area (Å²) < 4.78 is 10.4. The molecule has 0 aliphatic rings. The lowest BCUT2D eigenvalue weighted by atomic mass is 10.00. The van der Waals surface area contributed by atoms with Gasteiger partial charge in [0, 0.05) is 30.9 Å². The van der Waals surface area contributed by atoms with E-state index in [2.05, 4.69) is 4.99 Å². The third-order valence-electron chi connectivity index (χ3n) is 4.54. The van der Waals surface area contributed by atoms with Crippen LogP contribution in [0.5, 0.6) is 11.5 Å². The Balaban J connectivity index is 2.03. The number of carbonyl (C=O) groups is 1. The summed E-state index contributed by atoms with van der Waals surface area (Å²) in [5.74, 6) is 1.26. The van der Waals surface area contributed by atoms with Gasteiger partial charge in [0.05, 0.1) is 19.9 Å². The van der Waals surface area contributed by atoms with Crippen LogP contribution in [0, 0.1) is 0 Å². The van der Waals surface area contributed by atoms with Crippen LogP contribution in [-0.2, 0) is 0 Å². The van der Waals surface area contributed by atoms with Crippen molar-refractivity contribution in [2.45, 2.75) is 0 Å². The van der Waals surface area contributed by atoms with Gasteiger partial charge in [-0.05, 0) is 72.8 Å². The molecule has 3 rings (SSSR count). The predicted octanol–water partition coefficient (Wildman–Crippen LogP) is 4.77. The molecule has 29 heavy (non-hydrogen) atoms. The minimum Gasteiger partial charge on any atom is -0.497 e. The van der Waals surface area contributed by atoms with E-state index in [-0.39, 0.29) is 5.78 Å². The van der Waals surface area contributed by atoms with E-state index in [4.69, 9.17) is 9.47 Å². The minimum atomic E-state index is -0.158. The molecule has 0 aliphatic heterocycles. The third-order valence-corrected chi connectivity index (χ3v) is 4.54. The highest BCUT2D eigenvalue weighted by atomic mass is 16.5. The second-order valence-electron chi connectivity index (χ2n) is 6.66. The van der Waals surface area contributed by atoms with Gasteiger partial charge in [0.15, 0.2) is 0 Å². The van der Waals surface area contributed by atoms with Crippen molar-refractivity contribution >= 4 is 22.9 Å². The molecule has 0 spiro atoms. The fraction of sp³-hybridized carbons (Fsp3) is 0.167. The average molecular weight is 388 g/mol. The number of hydrogen-bond donors (Lipinski definition) is 0. The Morgan fingerprint density at radius 1 is 0.724 bits per heavy atom. The lowest BCUT2D eigenvalue weighted by Crippen LogP contribution is -2.16. The maximum Gasteiger partial charge on any atom is 0.211 e. The number of ether oxygens (including phenoxy) is 2. The first-order chi connectivity index (χ1) is 14.0. The van der Waals surface area contributed by atoms with Crippen LogP contribution in [0.15, 0.2) is 77.8 Å². The number of anilines is 1. The van der Waals surface area contributed by atoms with Crippen molar-refractivity contribution in [2.75, 3.05) is 33.2 Å². The summed E-state index contributed by atoms with van der Waals surface area (Å²) in [6.07, 6.45) is 0. The van der Waals surface area contributed by atoms with Gasteiger partial charge < -0.3 is 14.4 Å². The number of nitrogens with zero attached hydrogens (tertiary/aromatic N) is 2. The quantitative estimate of drug-likeness (QED) is 0.432. The van der Waals surface area contributed by atoms with Crippen molar-refractivity contribution < 1.29 is 14.3 Å². The molecule has 0 aromatic heterocycles. The molecular weight excluding hydrogens is 364 g/mol. The molecular formula is C24H24N2O3. The van der Waals surface area contributed by atoms with Gasteiger partial charge in [-0.2, -0.15) is 0 Å². The molecule has 0 radical (unpaired) electrons. The first-order valence-electron chi connectivity index (χ1n) is 9.21. The molecule has 148 valence electrons. The van der Waals surface area contributed by atoms with Crippen molar-refractivity contribution in [1.82, 2.24) is 0 Å². The van der Waals surface area contributed by atoms with Crippen LogP contribution in [0.1, 0.15) is 15.9 Å². The van der Waals surface area contributed by atoms with Gasteiger partial charge in [-0.3, -0.25) is 4.79 Å². The zero-order valence-electron chi connectivity index (χ0n) is 17.0. The number of aliphatic imine (C=N–C) groups is 1. The second kappa shape index (κ2) is 9.06. The number of hydrogen-bond acceptors (Lipinski definition) is 5. The second-order valence-corrected chi connectivity index (χ2v) is 6.66. The van der Waals surface area contributed by atoms with E-state index in [1.165, 1.54) is 0 Å². The summed E-state index contributed by atoms with van der Waals surface area (Å²) in [5.41, 5.74) is 3.42. The Labute approximate surface area is 171 Å². The van der Waals surface area contributed by atoms with Gasteiger partial charge in [0.1, 0.15) is 17.2 Å². The molecule has 0 aliphatic carbocycles. The normalized spacial score (nSPS) is 11.1. The summed E-state index contributed by atoms with van der Waals surface area (Å²) in [5, 5.41) is 0. The molecule has 3 aromatic carbocycles. The molecule has 0 saturated carbocycles. The summed E-state index contributed by atoms with van der Waals surface area (Å²) in [4.78, 5) is 20.0. The van der Waals surface area contributed by atoms with E-state index in [1.54, 1.807) is 38.5 Å². The van der Waals surface area contributed by atoms with E-state index in [1.807, 2.05) is 67.5 Å². The lowest BCUT2D eigenvalue weighted by molar-refractivity contribution is 0.106. The lowest BCUT2D eigenvalue weighted by Gasteiger charge is -2.12. The predicted molar refractivity (Wildman–Crippen MR) is 117 cm³/mol. The van der Waals surface area contributed by atoms with Gasteiger partial charge in [-0.25, -0.2) is 4.99 Å². The highest BCUT2D eigenvalue weighted by Crippen LogP contribution is 2.22. The summed E-state index contributed by atoms with van der Waals surface area (Å²) >= 11 is 0. The van der Waals surface area contributed by atoms with E-state index < -0.39 is 0 Å². The number of ketones is 1. The maximum absolute atomic E-state index is 13.3. The standard InChI is InChI=1S/C24H24N2O3/c1-26(2)20-11-9-19(10-12-20)25-23(17-5-13-21(28-3)14-6-17)24(27)18-7-15-22(29-4)16-8-18/h5-16H,1-4H3. The number of Topliss-reactive ketones (excluding diaryl/α,β-unsaturated/α-hetero) is 1. The summed E-state index contributed by atoms with van der Waals surface area (Å²) in [6, 6.07) is 22.1. The van der Waals surface area contributed by atoms with Crippen LogP contribution in [0.3, 0.4) is 0 Å². The summed E-state index contributed by atoms with van der Waals surface area (Å²) in [6.45, 7) is 0. The molecule has 0 heterocycles. The Bertz CT molecular complexity index is 990. The smallest absolute Gasteiger partial charge is 0.211 e. The Morgan fingerprint density at radius 3 is 1.66 bits per heavy atom. The average Bonchev–Trinajstić information content (AvgIpc) is 2.77. The molecule has 0 amide bonds. The molecule has 3 aromatic rings. The van der Waals surface area contributed by atoms with Gasteiger partial charge in [0.2, 0.25) is 5.78 Å². The van der Waals surface area contributed by atoms with Crippen LogP contribution in [0.25, 0.3) is 0 Å². The van der Waals surface area contributed by atoms with Gasteiger partial charge in [-0.1, -0.05) is 0 Å². The van der Waals surface area contributed by atoms with Crippen LogP contribution in [0.2, 0.25) is 0 Å². The monoisotopic (exact) mass is 388 g/mol. The fourth-order valence-electron chi connectivity index (χ4n) is 2.83. The Morgan fingerprint density at radius 2 is 1.21 bits per heavy atom. The third kappa shape index (κ3) is 4.82. The highest BCUT2D eigenvalue weighted by molar-refractivity contribution is 6.51. The minimum absolute atomic E-state index is 0.158. The number of benzene rings is 3. The van der Waals surface area contributed by atoms with Crippen molar-refractivity contribution in [2.24, 2.45) is 4.99 Å². The van der Waals surface area contributed by atoms with Gasteiger partial charge in [0.25, 0.3) is 0 Å².